The number of ether oxygens (including phenoxy) is 2. The lowest BCUT2D eigenvalue weighted by atomic mass is 9.85. The molecule has 1 aliphatic heterocycles. The van der Waals surface area contributed by atoms with Crippen molar-refractivity contribution in [2.45, 2.75) is 31.5 Å². The van der Waals surface area contributed by atoms with E-state index in [-0.39, 0.29) is 12.2 Å². The third-order valence-electron chi connectivity index (χ3n) is 3.89. The molecule has 0 N–H and O–H groups in total. The van der Waals surface area contributed by atoms with Gasteiger partial charge in [-0.2, -0.15) is 13.2 Å². The number of halogens is 6. The summed E-state index contributed by atoms with van der Waals surface area (Å²) in [5.74, 6) is -3.48. The number of methoxy groups -OCH3 is 1. The molecular formula is C14H14F6O2. The summed E-state index contributed by atoms with van der Waals surface area (Å²) in [6.45, 7) is 1.05. The molecule has 124 valence electrons. The summed E-state index contributed by atoms with van der Waals surface area (Å²) < 4.78 is 87.4. The van der Waals surface area contributed by atoms with Crippen molar-refractivity contribution in [3.63, 3.8) is 0 Å². The monoisotopic (exact) mass is 328 g/mol. The molecule has 0 aliphatic carbocycles. The van der Waals surface area contributed by atoms with E-state index in [1.807, 2.05) is 0 Å². The number of hydrogen-bond acceptors (Lipinski definition) is 2. The number of benzene rings is 1. The standard InChI is InChI=1S/C14H14F6O2/c1-6-9(5-22-12(6)14(18,19)20)7-3-4-8(13(16)17)10(15)11(7)21-2/h3-4,6,9,12-13H,5H2,1-2H3. The SMILES string of the molecule is COc1c(C2COC(C(F)(F)F)C2C)ccc(C(F)F)c1F. The van der Waals surface area contributed by atoms with Gasteiger partial charge in [0.25, 0.3) is 6.43 Å². The maximum atomic E-state index is 14.0. The van der Waals surface area contributed by atoms with Gasteiger partial charge in [0.05, 0.1) is 19.3 Å². The molecule has 0 spiro atoms. The van der Waals surface area contributed by atoms with Crippen LogP contribution in [-0.4, -0.2) is 26.0 Å². The molecule has 0 radical (unpaired) electrons. The Labute approximate surface area is 123 Å². The van der Waals surface area contributed by atoms with Gasteiger partial charge >= 0.3 is 6.18 Å². The number of alkyl halides is 5. The molecular weight excluding hydrogens is 314 g/mol. The lowest BCUT2D eigenvalue weighted by Crippen LogP contribution is -2.33. The van der Waals surface area contributed by atoms with Crippen molar-refractivity contribution in [1.82, 2.24) is 0 Å². The second-order valence-electron chi connectivity index (χ2n) is 5.15. The fourth-order valence-corrected chi connectivity index (χ4v) is 2.74. The fraction of sp³-hybridized carbons (Fsp3) is 0.571. The van der Waals surface area contributed by atoms with Crippen LogP contribution in [0, 0.1) is 11.7 Å². The molecule has 0 bridgehead atoms. The van der Waals surface area contributed by atoms with Crippen molar-refractivity contribution in [2.24, 2.45) is 5.92 Å². The van der Waals surface area contributed by atoms with Crippen LogP contribution in [0.15, 0.2) is 12.1 Å². The lowest BCUT2D eigenvalue weighted by molar-refractivity contribution is -0.215. The van der Waals surface area contributed by atoms with Crippen molar-refractivity contribution in [2.75, 3.05) is 13.7 Å². The van der Waals surface area contributed by atoms with E-state index in [1.165, 1.54) is 13.0 Å². The van der Waals surface area contributed by atoms with Crippen LogP contribution in [0.1, 0.15) is 30.4 Å². The van der Waals surface area contributed by atoms with E-state index in [0.717, 1.165) is 13.2 Å². The van der Waals surface area contributed by atoms with E-state index in [4.69, 9.17) is 9.47 Å². The first-order chi connectivity index (χ1) is 10.2. The molecule has 1 aromatic rings. The van der Waals surface area contributed by atoms with E-state index in [1.54, 1.807) is 0 Å². The number of rotatable bonds is 3. The van der Waals surface area contributed by atoms with Crippen molar-refractivity contribution in [3.8, 4) is 5.75 Å². The summed E-state index contributed by atoms with van der Waals surface area (Å²) in [5.41, 5.74) is -0.747. The average Bonchev–Trinajstić information content (AvgIpc) is 2.79. The molecule has 1 fully saturated rings. The van der Waals surface area contributed by atoms with Crippen molar-refractivity contribution < 1.29 is 35.8 Å². The normalized spacial score (nSPS) is 25.8. The minimum atomic E-state index is -4.54. The van der Waals surface area contributed by atoms with Crippen LogP contribution in [0.4, 0.5) is 26.3 Å². The Kier molecular flexibility index (Phi) is 4.60. The molecule has 8 heteroatoms. The van der Waals surface area contributed by atoms with E-state index in [0.29, 0.717) is 0 Å². The van der Waals surface area contributed by atoms with Crippen molar-refractivity contribution in [3.05, 3.63) is 29.1 Å². The average molecular weight is 328 g/mol. The van der Waals surface area contributed by atoms with Gasteiger partial charge in [-0.1, -0.05) is 13.0 Å². The zero-order chi connectivity index (χ0) is 16.7. The van der Waals surface area contributed by atoms with E-state index < -0.39 is 47.7 Å². The molecule has 1 saturated heterocycles. The van der Waals surface area contributed by atoms with Crippen molar-refractivity contribution in [1.29, 1.82) is 0 Å². The first-order valence-electron chi connectivity index (χ1n) is 6.51. The molecule has 1 heterocycles. The maximum Gasteiger partial charge on any atom is 0.414 e. The topological polar surface area (TPSA) is 18.5 Å². The highest BCUT2D eigenvalue weighted by molar-refractivity contribution is 5.43. The summed E-state index contributed by atoms with van der Waals surface area (Å²) >= 11 is 0. The molecule has 0 aromatic heterocycles. The smallest absolute Gasteiger partial charge is 0.414 e. The van der Waals surface area contributed by atoms with Gasteiger partial charge in [0.1, 0.15) is 0 Å². The van der Waals surface area contributed by atoms with Crippen LogP contribution in [-0.2, 0) is 4.74 Å². The highest BCUT2D eigenvalue weighted by atomic mass is 19.4. The van der Waals surface area contributed by atoms with Crippen LogP contribution in [0.2, 0.25) is 0 Å². The zero-order valence-corrected chi connectivity index (χ0v) is 11.8. The predicted molar refractivity (Wildman–Crippen MR) is 65.6 cm³/mol. The Morgan fingerprint density at radius 2 is 1.91 bits per heavy atom. The quantitative estimate of drug-likeness (QED) is 0.763. The fourth-order valence-electron chi connectivity index (χ4n) is 2.74. The molecule has 1 aliphatic rings. The van der Waals surface area contributed by atoms with E-state index in [9.17, 15) is 26.3 Å². The molecule has 3 unspecified atom stereocenters. The second kappa shape index (κ2) is 5.98. The minimum absolute atomic E-state index is 0.101. The van der Waals surface area contributed by atoms with Crippen LogP contribution in [0.25, 0.3) is 0 Å². The summed E-state index contributed by atoms with van der Waals surface area (Å²) in [7, 11) is 1.08. The first kappa shape index (κ1) is 16.9. The van der Waals surface area contributed by atoms with Crippen LogP contribution < -0.4 is 4.74 Å². The second-order valence-corrected chi connectivity index (χ2v) is 5.15. The van der Waals surface area contributed by atoms with Crippen molar-refractivity contribution >= 4 is 0 Å². The Balaban J connectivity index is 2.40. The Morgan fingerprint density at radius 3 is 2.36 bits per heavy atom. The molecule has 0 amide bonds. The van der Waals surface area contributed by atoms with Crippen LogP contribution in [0.3, 0.4) is 0 Å². The van der Waals surface area contributed by atoms with Gasteiger partial charge in [0, 0.05) is 17.4 Å². The van der Waals surface area contributed by atoms with Gasteiger partial charge in [-0.25, -0.2) is 13.2 Å². The maximum absolute atomic E-state index is 14.0. The summed E-state index contributed by atoms with van der Waals surface area (Å²) in [6, 6.07) is 2.04. The molecule has 2 rings (SSSR count). The first-order valence-corrected chi connectivity index (χ1v) is 6.51. The third-order valence-corrected chi connectivity index (χ3v) is 3.89. The largest absolute Gasteiger partial charge is 0.493 e. The minimum Gasteiger partial charge on any atom is -0.493 e. The molecule has 0 saturated carbocycles. The predicted octanol–water partition coefficient (Wildman–Crippen LogP) is 4.45. The van der Waals surface area contributed by atoms with Crippen LogP contribution in [0.5, 0.6) is 5.75 Å². The highest BCUT2D eigenvalue weighted by Crippen LogP contribution is 2.45. The van der Waals surface area contributed by atoms with E-state index >= 15 is 0 Å². The van der Waals surface area contributed by atoms with Gasteiger partial charge in [0.2, 0.25) is 0 Å². The van der Waals surface area contributed by atoms with Gasteiger partial charge < -0.3 is 9.47 Å². The zero-order valence-electron chi connectivity index (χ0n) is 11.8. The Bertz CT molecular complexity index is 543. The van der Waals surface area contributed by atoms with Crippen LogP contribution >= 0.6 is 0 Å². The molecule has 22 heavy (non-hydrogen) atoms. The van der Waals surface area contributed by atoms with E-state index in [2.05, 4.69) is 0 Å². The summed E-state index contributed by atoms with van der Waals surface area (Å²) in [5, 5.41) is 0. The third kappa shape index (κ3) is 2.88. The number of hydrogen-bond donors (Lipinski definition) is 0. The van der Waals surface area contributed by atoms with Gasteiger partial charge in [-0.05, 0) is 6.07 Å². The molecule has 3 atom stereocenters. The molecule has 1 aromatic carbocycles. The highest BCUT2D eigenvalue weighted by Gasteiger charge is 2.51. The Hall–Kier alpha value is -1.44. The van der Waals surface area contributed by atoms with Gasteiger partial charge in [-0.15, -0.1) is 0 Å². The van der Waals surface area contributed by atoms with Gasteiger partial charge in [-0.3, -0.25) is 0 Å². The van der Waals surface area contributed by atoms with Gasteiger partial charge in [0.15, 0.2) is 17.7 Å². The Morgan fingerprint density at radius 1 is 1.27 bits per heavy atom. The lowest BCUT2D eigenvalue weighted by Gasteiger charge is -2.22. The summed E-state index contributed by atoms with van der Waals surface area (Å²) in [4.78, 5) is 0. The molecule has 2 nitrogen and oxygen atoms in total. The summed E-state index contributed by atoms with van der Waals surface area (Å²) in [6.07, 6.45) is -9.55.